The lowest BCUT2D eigenvalue weighted by Crippen LogP contribution is -2.42. The number of carbonyl (C=O) groups is 1. The lowest BCUT2D eigenvalue weighted by atomic mass is 9.91. The first-order chi connectivity index (χ1) is 17.5. The summed E-state index contributed by atoms with van der Waals surface area (Å²) in [6.45, 7) is 5.87. The van der Waals surface area contributed by atoms with E-state index in [-0.39, 0.29) is 35.2 Å². The Labute approximate surface area is 221 Å². The zero-order valence-corrected chi connectivity index (χ0v) is 22.6. The number of hydrogen-bond acceptors (Lipinski definition) is 7. The molecular formula is C25H31ClN6O4S. The molecule has 12 heteroatoms. The lowest BCUT2D eigenvalue weighted by Gasteiger charge is -2.38. The van der Waals surface area contributed by atoms with E-state index in [0.29, 0.717) is 30.2 Å². The van der Waals surface area contributed by atoms with Crippen LogP contribution in [0.15, 0.2) is 30.5 Å². The molecule has 3 atom stereocenters. The number of sulfonamides is 1. The summed E-state index contributed by atoms with van der Waals surface area (Å²) in [4.78, 5) is 22.5. The van der Waals surface area contributed by atoms with E-state index in [1.54, 1.807) is 15.5 Å². The second kappa shape index (κ2) is 9.77. The summed E-state index contributed by atoms with van der Waals surface area (Å²) in [6.07, 6.45) is 4.98. The minimum Gasteiger partial charge on any atom is -0.391 e. The number of anilines is 2. The van der Waals surface area contributed by atoms with E-state index in [9.17, 15) is 18.3 Å². The van der Waals surface area contributed by atoms with E-state index in [1.165, 1.54) is 12.1 Å². The Morgan fingerprint density at radius 1 is 1.19 bits per heavy atom. The average Bonchev–Trinajstić information content (AvgIpc) is 3.43. The van der Waals surface area contributed by atoms with Crippen LogP contribution in [0.3, 0.4) is 0 Å². The first-order valence-electron chi connectivity index (χ1n) is 12.4. The molecule has 37 heavy (non-hydrogen) atoms. The maximum Gasteiger partial charge on any atom is 0.256 e. The number of benzene rings is 1. The smallest absolute Gasteiger partial charge is 0.256 e. The molecule has 2 N–H and O–H groups in total. The third-order valence-corrected chi connectivity index (χ3v) is 7.84. The maximum absolute atomic E-state index is 13.9. The van der Waals surface area contributed by atoms with E-state index in [1.807, 2.05) is 19.2 Å². The number of hydrogen-bond donors (Lipinski definition) is 2. The normalized spacial score (nSPS) is 22.6. The number of rotatable bonds is 5. The fraction of sp³-hybridized carbons (Fsp3) is 0.480. The first-order valence-corrected chi connectivity index (χ1v) is 14.6. The molecule has 2 aliphatic heterocycles. The minimum absolute atomic E-state index is 0.193. The van der Waals surface area contributed by atoms with Crippen LogP contribution in [0.5, 0.6) is 0 Å². The number of aliphatic hydroxyl groups excluding tert-OH is 1. The van der Waals surface area contributed by atoms with Crippen molar-refractivity contribution in [2.24, 2.45) is 5.92 Å². The molecule has 198 valence electrons. The standard InChI is InChI=1S/C25H31ClN6O4S/c1-15-4-7-22(31(12-15)25(34)19-10-17(26)5-6-20(19)29-37(3,35)36)21-11-23-27-24(16(2)13-32(23)28-21)30-9-8-18(33)14-30/h5-6,10-11,13,15,18,22,29,33H,4,7-9,12,14H2,1-3H3. The Morgan fingerprint density at radius 2 is 1.97 bits per heavy atom. The highest BCUT2D eigenvalue weighted by Gasteiger charge is 2.35. The zero-order valence-electron chi connectivity index (χ0n) is 21.1. The van der Waals surface area contributed by atoms with Crippen molar-refractivity contribution in [3.05, 3.63) is 52.3 Å². The molecular weight excluding hydrogens is 516 g/mol. The van der Waals surface area contributed by atoms with Gasteiger partial charge in [-0.1, -0.05) is 18.5 Å². The molecule has 2 fully saturated rings. The van der Waals surface area contributed by atoms with Crippen LogP contribution in [0.25, 0.3) is 5.65 Å². The van der Waals surface area contributed by atoms with Crippen LogP contribution in [0.4, 0.5) is 11.5 Å². The minimum atomic E-state index is -3.60. The van der Waals surface area contributed by atoms with Gasteiger partial charge in [-0.2, -0.15) is 5.10 Å². The van der Waals surface area contributed by atoms with Gasteiger partial charge in [-0.3, -0.25) is 9.52 Å². The average molecular weight is 547 g/mol. The van der Waals surface area contributed by atoms with E-state index in [0.717, 1.165) is 42.7 Å². The number of aromatic nitrogens is 3. The second-order valence-electron chi connectivity index (χ2n) is 10.2. The summed E-state index contributed by atoms with van der Waals surface area (Å²) < 4.78 is 28.0. The van der Waals surface area contributed by atoms with Crippen molar-refractivity contribution in [1.29, 1.82) is 0 Å². The highest BCUT2D eigenvalue weighted by atomic mass is 35.5. The van der Waals surface area contributed by atoms with Gasteiger partial charge in [0.15, 0.2) is 5.65 Å². The van der Waals surface area contributed by atoms with E-state index >= 15 is 0 Å². The monoisotopic (exact) mass is 546 g/mol. The summed E-state index contributed by atoms with van der Waals surface area (Å²) in [5.74, 6) is 0.797. The Balaban J connectivity index is 1.51. The van der Waals surface area contributed by atoms with Gasteiger partial charge >= 0.3 is 0 Å². The highest BCUT2D eigenvalue weighted by Crippen LogP contribution is 2.36. The van der Waals surface area contributed by atoms with Gasteiger partial charge < -0.3 is 14.9 Å². The molecule has 1 amide bonds. The number of amides is 1. The van der Waals surface area contributed by atoms with Crippen molar-refractivity contribution < 1.29 is 18.3 Å². The van der Waals surface area contributed by atoms with Gasteiger partial charge in [0.25, 0.3) is 5.91 Å². The molecule has 1 aromatic carbocycles. The fourth-order valence-corrected chi connectivity index (χ4v) is 6.01. The number of fused-ring (bicyclic) bond motifs is 1. The fourth-order valence-electron chi connectivity index (χ4n) is 5.26. The molecule has 0 bridgehead atoms. The number of β-amino-alcohol motifs (C(OH)–C–C–N with tert-alkyl or cyclic N) is 1. The molecule has 4 heterocycles. The zero-order chi connectivity index (χ0) is 26.5. The topological polar surface area (TPSA) is 120 Å². The molecule has 2 aliphatic rings. The molecule has 2 aromatic heterocycles. The van der Waals surface area contributed by atoms with Crippen LogP contribution in [-0.4, -0.2) is 70.9 Å². The van der Waals surface area contributed by atoms with Crippen molar-refractivity contribution in [3.63, 3.8) is 0 Å². The van der Waals surface area contributed by atoms with Gasteiger partial charge in [-0.15, -0.1) is 0 Å². The number of nitrogens with one attached hydrogen (secondary N) is 1. The Kier molecular flexibility index (Phi) is 6.80. The van der Waals surface area contributed by atoms with Crippen LogP contribution < -0.4 is 9.62 Å². The third-order valence-electron chi connectivity index (χ3n) is 7.01. The molecule has 3 aromatic rings. The molecule has 3 unspecified atom stereocenters. The number of carbonyl (C=O) groups excluding carboxylic acids is 1. The van der Waals surface area contributed by atoms with Crippen molar-refractivity contribution in [1.82, 2.24) is 19.5 Å². The van der Waals surface area contributed by atoms with Gasteiger partial charge in [0.05, 0.1) is 35.3 Å². The van der Waals surface area contributed by atoms with Gasteiger partial charge in [0, 0.05) is 42.5 Å². The summed E-state index contributed by atoms with van der Waals surface area (Å²) in [5.41, 5.74) is 2.75. The number of aliphatic hydroxyl groups is 1. The Morgan fingerprint density at radius 3 is 2.68 bits per heavy atom. The van der Waals surface area contributed by atoms with Crippen molar-refractivity contribution in [2.75, 3.05) is 35.5 Å². The van der Waals surface area contributed by atoms with Crippen LogP contribution in [0.1, 0.15) is 53.8 Å². The summed E-state index contributed by atoms with van der Waals surface area (Å²) in [5, 5.41) is 15.1. The van der Waals surface area contributed by atoms with Crippen molar-refractivity contribution >= 4 is 44.7 Å². The summed E-state index contributed by atoms with van der Waals surface area (Å²) >= 11 is 6.21. The number of likely N-dealkylation sites (tertiary alicyclic amines) is 1. The predicted octanol–water partition coefficient (Wildman–Crippen LogP) is 3.25. The molecule has 0 aliphatic carbocycles. The van der Waals surface area contributed by atoms with Crippen LogP contribution in [-0.2, 0) is 10.0 Å². The number of piperidine rings is 1. The lowest BCUT2D eigenvalue weighted by molar-refractivity contribution is 0.0538. The molecule has 0 spiro atoms. The third kappa shape index (κ3) is 5.39. The number of halogens is 1. The SMILES string of the molecule is Cc1cn2nc(C3CCC(C)CN3C(=O)c3cc(Cl)ccc3NS(C)(=O)=O)cc2nc1N1CCC(O)C1. The first kappa shape index (κ1) is 25.7. The largest absolute Gasteiger partial charge is 0.391 e. The highest BCUT2D eigenvalue weighted by molar-refractivity contribution is 7.92. The van der Waals surface area contributed by atoms with E-state index < -0.39 is 10.0 Å². The van der Waals surface area contributed by atoms with Crippen LogP contribution in [0.2, 0.25) is 5.02 Å². The van der Waals surface area contributed by atoms with E-state index in [2.05, 4.69) is 16.5 Å². The van der Waals surface area contributed by atoms with Gasteiger partial charge in [-0.25, -0.2) is 17.9 Å². The molecule has 0 radical (unpaired) electrons. The summed E-state index contributed by atoms with van der Waals surface area (Å²) in [6, 6.07) is 6.17. The second-order valence-corrected chi connectivity index (χ2v) is 12.4. The van der Waals surface area contributed by atoms with E-state index in [4.69, 9.17) is 21.7 Å². The van der Waals surface area contributed by atoms with Gasteiger partial charge in [0.1, 0.15) is 5.82 Å². The molecule has 5 rings (SSSR count). The Hall–Kier alpha value is -2.89. The van der Waals surface area contributed by atoms with Gasteiger partial charge in [-0.05, 0) is 50.3 Å². The predicted molar refractivity (Wildman–Crippen MR) is 143 cm³/mol. The van der Waals surface area contributed by atoms with Crippen molar-refractivity contribution in [2.45, 2.75) is 45.3 Å². The quantitative estimate of drug-likeness (QED) is 0.504. The van der Waals surface area contributed by atoms with Gasteiger partial charge in [0.2, 0.25) is 10.0 Å². The Bertz CT molecular complexity index is 1460. The molecule has 0 saturated carbocycles. The van der Waals surface area contributed by atoms with Crippen molar-refractivity contribution in [3.8, 4) is 0 Å². The van der Waals surface area contributed by atoms with Crippen LogP contribution in [0, 0.1) is 12.8 Å². The van der Waals surface area contributed by atoms with Crippen LogP contribution >= 0.6 is 11.6 Å². The molecule has 10 nitrogen and oxygen atoms in total. The number of aryl methyl sites for hydroxylation is 1. The summed E-state index contributed by atoms with van der Waals surface area (Å²) in [7, 11) is -3.60. The maximum atomic E-state index is 13.9. The molecule has 2 saturated heterocycles. The number of nitrogens with zero attached hydrogens (tertiary/aromatic N) is 5.